The van der Waals surface area contributed by atoms with Crippen LogP contribution in [0.1, 0.15) is 15.7 Å². The minimum Gasteiger partial charge on any atom is -1.00 e. The van der Waals surface area contributed by atoms with Crippen molar-refractivity contribution >= 4 is 57.5 Å². The van der Waals surface area contributed by atoms with Crippen LogP contribution in [0.5, 0.6) is 0 Å². The number of guanidine groups is 1. The van der Waals surface area contributed by atoms with Crippen molar-refractivity contribution in [2.24, 2.45) is 22.2 Å². The molecule has 12 heteroatoms. The summed E-state index contributed by atoms with van der Waals surface area (Å²) in [5, 5.41) is 8.38. The first-order chi connectivity index (χ1) is 7.54. The zero-order valence-electron chi connectivity index (χ0n) is 11.6. The van der Waals surface area contributed by atoms with E-state index < -0.39 is 19.8 Å². The molecule has 10 nitrogen and oxygen atoms in total. The number of nitrogens with two attached hydrogens (primary N) is 3. The Kier molecular flexibility index (Phi) is 15.6. The molecule has 1 atom stereocenters. The summed E-state index contributed by atoms with van der Waals surface area (Å²) < 4.78 is 8.88. The van der Waals surface area contributed by atoms with Crippen molar-refractivity contribution in [1.82, 2.24) is 0 Å². The number of carboxylic acid groups (broad SMARTS) is 1. The summed E-state index contributed by atoms with van der Waals surface area (Å²) >= 11 is 0. The Morgan fingerprint density at radius 2 is 1.72 bits per heavy atom. The molecule has 0 heterocycles. The number of hydrogen-bond donors (Lipinski definition) is 7. The molecule has 0 rings (SSSR count). The molecule has 0 saturated heterocycles. The van der Waals surface area contributed by atoms with Crippen LogP contribution in [-0.2, 0) is 9.36 Å². The standard InChI is InChI=1S/C6H14N4O2.Ca.H3O4P.2H/c7-4(5(11)12)2-1-3-10-6(8)9;;1-5(2,3)4;;/h4H,1-3,7H2,(H,11,12)(H4,8,9,10);;(H3,1,2,3,4);;/q;+2;;2*-1. The van der Waals surface area contributed by atoms with E-state index in [1.54, 1.807) is 0 Å². The van der Waals surface area contributed by atoms with Crippen molar-refractivity contribution in [3.05, 3.63) is 0 Å². The number of aliphatic imine (C=N–C) groups is 1. The number of carboxylic acids is 1. The van der Waals surface area contributed by atoms with Gasteiger partial charge in [0.25, 0.3) is 0 Å². The van der Waals surface area contributed by atoms with Crippen molar-refractivity contribution in [1.29, 1.82) is 0 Å². The van der Waals surface area contributed by atoms with Crippen LogP contribution in [0.4, 0.5) is 0 Å². The summed E-state index contributed by atoms with van der Waals surface area (Å²) in [4.78, 5) is 35.5. The third-order valence-electron chi connectivity index (χ3n) is 1.28. The fourth-order valence-electron chi connectivity index (χ4n) is 0.643. The molecule has 0 aliphatic heterocycles. The van der Waals surface area contributed by atoms with E-state index in [0.29, 0.717) is 19.4 Å². The van der Waals surface area contributed by atoms with Gasteiger partial charge in [-0.3, -0.25) is 9.79 Å². The van der Waals surface area contributed by atoms with Gasteiger partial charge in [0.2, 0.25) is 0 Å². The van der Waals surface area contributed by atoms with Gasteiger partial charge in [-0.1, -0.05) is 0 Å². The fourth-order valence-corrected chi connectivity index (χ4v) is 0.643. The van der Waals surface area contributed by atoms with Crippen molar-refractivity contribution in [3.8, 4) is 0 Å². The minimum atomic E-state index is -4.64. The smallest absolute Gasteiger partial charge is 1.00 e. The summed E-state index contributed by atoms with van der Waals surface area (Å²) in [6, 6.07) is -0.820. The van der Waals surface area contributed by atoms with Crippen molar-refractivity contribution in [2.45, 2.75) is 18.9 Å². The number of nitrogens with zero attached hydrogens (tertiary/aromatic N) is 1. The van der Waals surface area contributed by atoms with Gasteiger partial charge >= 0.3 is 51.5 Å². The number of rotatable bonds is 5. The van der Waals surface area contributed by atoms with Crippen molar-refractivity contribution < 1.29 is 32.0 Å². The summed E-state index contributed by atoms with van der Waals surface area (Å²) in [5.74, 6) is -0.987. The Balaban J connectivity index is -0.0000000821. The molecule has 0 saturated carbocycles. The third-order valence-corrected chi connectivity index (χ3v) is 1.28. The molecule has 0 radical (unpaired) electrons. The molecule has 1 unspecified atom stereocenters. The predicted molar refractivity (Wildman–Crippen MR) is 67.8 cm³/mol. The second-order valence-electron chi connectivity index (χ2n) is 2.91. The van der Waals surface area contributed by atoms with Crippen molar-refractivity contribution in [2.75, 3.05) is 6.54 Å². The molecule has 0 amide bonds. The number of phosphoric acid groups is 1. The number of carbonyl (C=O) groups is 1. The first kappa shape index (κ1) is 23.2. The second-order valence-corrected chi connectivity index (χ2v) is 3.93. The molecular weight excluding hydrogens is 295 g/mol. The van der Waals surface area contributed by atoms with E-state index in [1.165, 1.54) is 0 Å². The zero-order chi connectivity index (χ0) is 14.1. The van der Waals surface area contributed by atoms with E-state index in [4.69, 9.17) is 41.6 Å². The average molecular weight is 314 g/mol. The van der Waals surface area contributed by atoms with E-state index in [-0.39, 0.29) is 46.6 Å². The van der Waals surface area contributed by atoms with E-state index in [1.807, 2.05) is 0 Å². The number of aliphatic carboxylic acids is 1. The Bertz CT molecular complexity index is 306. The van der Waals surface area contributed by atoms with Crippen LogP contribution in [0.25, 0.3) is 0 Å². The summed E-state index contributed by atoms with van der Waals surface area (Å²) in [5.41, 5.74) is 15.3. The van der Waals surface area contributed by atoms with Crippen LogP contribution in [0.3, 0.4) is 0 Å². The molecule has 0 bridgehead atoms. The largest absolute Gasteiger partial charge is 2.00 e. The van der Waals surface area contributed by atoms with E-state index in [2.05, 4.69) is 4.99 Å². The van der Waals surface area contributed by atoms with Crippen LogP contribution >= 0.6 is 7.82 Å². The van der Waals surface area contributed by atoms with E-state index >= 15 is 0 Å². The van der Waals surface area contributed by atoms with Crippen molar-refractivity contribution in [3.63, 3.8) is 0 Å². The predicted octanol–water partition coefficient (Wildman–Crippen LogP) is -2.63. The molecule has 0 aromatic heterocycles. The van der Waals surface area contributed by atoms with E-state index in [9.17, 15) is 4.79 Å². The molecule has 0 fully saturated rings. The van der Waals surface area contributed by atoms with Gasteiger partial charge in [0.05, 0.1) is 0 Å². The monoisotopic (exact) mass is 314 g/mol. The van der Waals surface area contributed by atoms with Gasteiger partial charge in [0.15, 0.2) is 5.96 Å². The van der Waals surface area contributed by atoms with Gasteiger partial charge in [-0.25, -0.2) is 4.57 Å². The Hall–Kier alpha value is 0.0697. The van der Waals surface area contributed by atoms with Crippen LogP contribution in [0.15, 0.2) is 4.99 Å². The Labute approximate surface area is 136 Å². The Morgan fingerprint density at radius 3 is 2.00 bits per heavy atom. The molecule has 0 aromatic carbocycles. The van der Waals surface area contributed by atoms with E-state index in [0.717, 1.165) is 0 Å². The van der Waals surface area contributed by atoms with Gasteiger partial charge in [-0.2, -0.15) is 0 Å². The van der Waals surface area contributed by atoms with Crippen LogP contribution < -0.4 is 17.2 Å². The van der Waals surface area contributed by atoms with Crippen LogP contribution in [-0.4, -0.2) is 82.0 Å². The topological polar surface area (TPSA) is 205 Å². The molecule has 10 N–H and O–H groups in total. The summed E-state index contributed by atoms with van der Waals surface area (Å²) in [6.45, 7) is 0.420. The molecule has 0 aliphatic rings. The first-order valence-corrected chi connectivity index (χ1v) is 5.92. The second kappa shape index (κ2) is 12.1. The maximum Gasteiger partial charge on any atom is 2.00 e. The van der Waals surface area contributed by atoms with Gasteiger partial charge in [0.1, 0.15) is 6.04 Å². The quantitative estimate of drug-likeness (QED) is 0.0929. The normalized spacial score (nSPS) is 11.3. The molecule has 0 aliphatic carbocycles. The molecule has 0 aromatic rings. The minimum absolute atomic E-state index is 0. The molecule has 18 heavy (non-hydrogen) atoms. The molecule has 0 spiro atoms. The summed E-state index contributed by atoms with van der Waals surface area (Å²) in [6.07, 6.45) is 0.956. The SMILES string of the molecule is NC(N)=NCCCC(N)C(=O)O.O=P(O)(O)O.[Ca+2].[H-].[H-]. The van der Waals surface area contributed by atoms with Gasteiger partial charge < -0.3 is 39.8 Å². The third kappa shape index (κ3) is 29.8. The molecule has 106 valence electrons. The van der Waals surface area contributed by atoms with Crippen LogP contribution in [0.2, 0.25) is 0 Å². The maximum atomic E-state index is 10.2. The first-order valence-electron chi connectivity index (χ1n) is 4.36. The summed E-state index contributed by atoms with van der Waals surface area (Å²) in [7, 11) is -4.64. The van der Waals surface area contributed by atoms with Gasteiger partial charge in [-0.15, -0.1) is 0 Å². The Morgan fingerprint density at radius 1 is 1.33 bits per heavy atom. The fraction of sp³-hybridized carbons (Fsp3) is 0.667. The maximum absolute atomic E-state index is 10.2. The van der Waals surface area contributed by atoms with Crippen LogP contribution in [0, 0.1) is 0 Å². The zero-order valence-corrected chi connectivity index (χ0v) is 12.7. The van der Waals surface area contributed by atoms with Gasteiger partial charge in [-0.05, 0) is 12.8 Å². The average Bonchev–Trinajstić information content (AvgIpc) is 2.08. The number of hydrogen-bond acceptors (Lipinski definition) is 4. The van der Waals surface area contributed by atoms with Gasteiger partial charge in [0, 0.05) is 6.54 Å². The molecular formula is C6H19CaN4O6P.